The predicted molar refractivity (Wildman–Crippen MR) is 127 cm³/mol. The van der Waals surface area contributed by atoms with Gasteiger partial charge in [0.25, 0.3) is 5.91 Å². The lowest BCUT2D eigenvalue weighted by atomic mass is 10.1. The molecule has 0 fully saturated rings. The summed E-state index contributed by atoms with van der Waals surface area (Å²) < 4.78 is 5.25. The Bertz CT molecular complexity index is 1570. The van der Waals surface area contributed by atoms with Crippen molar-refractivity contribution in [1.29, 1.82) is 0 Å². The molecule has 6 nitrogen and oxygen atoms in total. The number of carbonyl (C=O) groups is 1. The molecule has 5 aromatic rings. The van der Waals surface area contributed by atoms with Gasteiger partial charge in [-0.05, 0) is 55.0 Å². The van der Waals surface area contributed by atoms with Gasteiger partial charge in [0.2, 0.25) is 0 Å². The van der Waals surface area contributed by atoms with Gasteiger partial charge in [-0.25, -0.2) is 9.78 Å². The molecule has 32 heavy (non-hydrogen) atoms. The first-order valence-corrected chi connectivity index (χ1v) is 10.4. The molecule has 2 aromatic heterocycles. The van der Waals surface area contributed by atoms with Gasteiger partial charge < -0.3 is 14.7 Å². The fraction of sp³-hybridized carbons (Fsp3) is 0.0417. The topological polar surface area (TPSA) is 88.0 Å². The van der Waals surface area contributed by atoms with Crippen LogP contribution in [-0.2, 0) is 0 Å². The van der Waals surface area contributed by atoms with Crippen molar-refractivity contribution in [3.63, 3.8) is 0 Å². The Kier molecular flexibility index (Phi) is 4.96. The van der Waals surface area contributed by atoms with Crippen LogP contribution in [-0.4, -0.2) is 15.9 Å². The summed E-state index contributed by atoms with van der Waals surface area (Å²) in [5.41, 5.74) is 3.70. The van der Waals surface area contributed by atoms with Gasteiger partial charge in [0.05, 0.1) is 26.6 Å². The van der Waals surface area contributed by atoms with Crippen molar-refractivity contribution in [2.24, 2.45) is 0 Å². The van der Waals surface area contributed by atoms with Gasteiger partial charge in [0.15, 0.2) is 0 Å². The highest BCUT2D eigenvalue weighted by atomic mass is 35.5. The number of hydrogen-bond acceptors (Lipinski definition) is 4. The van der Waals surface area contributed by atoms with Crippen LogP contribution in [0.15, 0.2) is 69.9 Å². The maximum absolute atomic E-state index is 12.8. The molecule has 0 radical (unpaired) electrons. The van der Waals surface area contributed by atoms with Crippen molar-refractivity contribution < 1.29 is 9.21 Å². The first kappa shape index (κ1) is 20.3. The van der Waals surface area contributed by atoms with E-state index in [1.807, 2.05) is 6.92 Å². The Morgan fingerprint density at radius 2 is 1.81 bits per heavy atom. The van der Waals surface area contributed by atoms with E-state index in [9.17, 15) is 9.59 Å². The van der Waals surface area contributed by atoms with Crippen molar-refractivity contribution >= 4 is 56.8 Å². The van der Waals surface area contributed by atoms with E-state index in [0.29, 0.717) is 49.3 Å². The SMILES string of the molecule is Cc1cc(=O)oc2cc(NC(=O)c3ccc4nc(-c5c(Cl)cccc5Cl)[nH]c4c3)ccc12. The fourth-order valence-corrected chi connectivity index (χ4v) is 4.18. The quantitative estimate of drug-likeness (QED) is 0.311. The van der Waals surface area contributed by atoms with E-state index in [2.05, 4.69) is 15.3 Å². The highest BCUT2D eigenvalue weighted by molar-refractivity contribution is 6.39. The lowest BCUT2D eigenvalue weighted by Gasteiger charge is -2.07. The lowest BCUT2D eigenvalue weighted by Crippen LogP contribution is -2.11. The number of amides is 1. The number of nitrogens with one attached hydrogen (secondary N) is 2. The second kappa shape index (κ2) is 7.82. The minimum Gasteiger partial charge on any atom is -0.423 e. The van der Waals surface area contributed by atoms with Gasteiger partial charge in [-0.3, -0.25) is 4.79 Å². The number of H-pyrrole nitrogens is 1. The van der Waals surface area contributed by atoms with Crippen LogP contribution >= 0.6 is 23.2 Å². The number of halogens is 2. The zero-order chi connectivity index (χ0) is 22.4. The smallest absolute Gasteiger partial charge is 0.336 e. The molecule has 2 N–H and O–H groups in total. The highest BCUT2D eigenvalue weighted by Gasteiger charge is 2.15. The molecule has 0 saturated heterocycles. The van der Waals surface area contributed by atoms with Crippen molar-refractivity contribution in [2.75, 3.05) is 5.32 Å². The maximum Gasteiger partial charge on any atom is 0.336 e. The Balaban J connectivity index is 1.46. The number of hydrogen-bond donors (Lipinski definition) is 2. The molecule has 0 unspecified atom stereocenters. The van der Waals surface area contributed by atoms with E-state index in [-0.39, 0.29) is 5.91 Å². The van der Waals surface area contributed by atoms with Gasteiger partial charge >= 0.3 is 5.63 Å². The number of aromatic amines is 1. The third-order valence-electron chi connectivity index (χ3n) is 5.15. The van der Waals surface area contributed by atoms with E-state index < -0.39 is 5.63 Å². The van der Waals surface area contributed by atoms with Crippen LogP contribution in [0.2, 0.25) is 10.0 Å². The van der Waals surface area contributed by atoms with Gasteiger partial charge in [0.1, 0.15) is 11.4 Å². The third kappa shape index (κ3) is 3.64. The average molecular weight is 464 g/mol. The summed E-state index contributed by atoms with van der Waals surface area (Å²) >= 11 is 12.6. The normalized spacial score (nSPS) is 11.2. The molecule has 0 aliphatic heterocycles. The molecular formula is C24H15Cl2N3O3. The molecule has 0 aliphatic carbocycles. The summed E-state index contributed by atoms with van der Waals surface area (Å²) in [4.78, 5) is 32.2. The molecule has 8 heteroatoms. The monoisotopic (exact) mass is 463 g/mol. The van der Waals surface area contributed by atoms with Crippen molar-refractivity contribution in [1.82, 2.24) is 9.97 Å². The molecule has 0 bridgehead atoms. The zero-order valence-electron chi connectivity index (χ0n) is 16.7. The molecule has 0 atom stereocenters. The van der Waals surface area contributed by atoms with Crippen LogP contribution in [0.5, 0.6) is 0 Å². The highest BCUT2D eigenvalue weighted by Crippen LogP contribution is 2.34. The lowest BCUT2D eigenvalue weighted by molar-refractivity contribution is 0.102. The number of benzene rings is 3. The fourth-order valence-electron chi connectivity index (χ4n) is 3.60. The molecule has 3 aromatic carbocycles. The number of nitrogens with zero attached hydrogens (tertiary/aromatic N) is 1. The zero-order valence-corrected chi connectivity index (χ0v) is 18.2. The van der Waals surface area contributed by atoms with E-state index in [0.717, 1.165) is 10.9 Å². The Labute approximate surface area is 191 Å². The van der Waals surface area contributed by atoms with Crippen LogP contribution in [0.4, 0.5) is 5.69 Å². The number of imidazole rings is 1. The first-order chi connectivity index (χ1) is 15.4. The number of aromatic nitrogens is 2. The van der Waals surface area contributed by atoms with Crippen molar-refractivity contribution in [3.8, 4) is 11.4 Å². The van der Waals surface area contributed by atoms with E-state index in [4.69, 9.17) is 27.6 Å². The number of carbonyl (C=O) groups excluding carboxylic acids is 1. The summed E-state index contributed by atoms with van der Waals surface area (Å²) in [5, 5.41) is 4.60. The van der Waals surface area contributed by atoms with Gasteiger partial charge in [-0.1, -0.05) is 29.3 Å². The largest absolute Gasteiger partial charge is 0.423 e. The Hall–Kier alpha value is -3.61. The molecule has 5 rings (SSSR count). The molecule has 158 valence electrons. The molecule has 0 saturated carbocycles. The van der Waals surface area contributed by atoms with Crippen LogP contribution in [0.25, 0.3) is 33.4 Å². The summed E-state index contributed by atoms with van der Waals surface area (Å²) in [6.45, 7) is 1.83. The number of fused-ring (bicyclic) bond motifs is 2. The van der Waals surface area contributed by atoms with Crippen LogP contribution < -0.4 is 10.9 Å². The second-order valence-electron chi connectivity index (χ2n) is 7.33. The van der Waals surface area contributed by atoms with Crippen LogP contribution in [0, 0.1) is 6.92 Å². The summed E-state index contributed by atoms with van der Waals surface area (Å²) in [6.07, 6.45) is 0. The van der Waals surface area contributed by atoms with Crippen LogP contribution in [0.1, 0.15) is 15.9 Å². The minimum atomic E-state index is -0.433. The van der Waals surface area contributed by atoms with Gasteiger partial charge in [-0.2, -0.15) is 0 Å². The van der Waals surface area contributed by atoms with Crippen molar-refractivity contribution in [2.45, 2.75) is 6.92 Å². The van der Waals surface area contributed by atoms with Crippen LogP contribution in [0.3, 0.4) is 0 Å². The Morgan fingerprint density at radius 3 is 2.59 bits per heavy atom. The van der Waals surface area contributed by atoms with Crippen molar-refractivity contribution in [3.05, 3.63) is 92.3 Å². The molecule has 1 amide bonds. The maximum atomic E-state index is 12.8. The summed E-state index contributed by atoms with van der Waals surface area (Å²) in [6, 6.07) is 17.0. The minimum absolute atomic E-state index is 0.312. The number of rotatable bonds is 3. The molecule has 0 spiro atoms. The molecule has 2 heterocycles. The van der Waals surface area contributed by atoms with Gasteiger partial charge in [0, 0.05) is 28.8 Å². The predicted octanol–water partition coefficient (Wildman–Crippen LogP) is 6.20. The molecular weight excluding hydrogens is 449 g/mol. The standard InChI is InChI=1S/C24H15Cl2N3O3/c1-12-9-21(30)32-20-11-14(6-7-15(12)20)27-24(31)13-5-8-18-19(10-13)29-23(28-18)22-16(25)3-2-4-17(22)26/h2-11H,1H3,(H,27,31)(H,28,29). The second-order valence-corrected chi connectivity index (χ2v) is 8.14. The Morgan fingerprint density at radius 1 is 1.03 bits per heavy atom. The number of aryl methyl sites for hydroxylation is 1. The summed E-state index contributed by atoms with van der Waals surface area (Å²) in [5.74, 6) is 0.210. The third-order valence-corrected chi connectivity index (χ3v) is 5.78. The summed E-state index contributed by atoms with van der Waals surface area (Å²) in [7, 11) is 0. The number of anilines is 1. The average Bonchev–Trinajstić information content (AvgIpc) is 3.16. The van der Waals surface area contributed by atoms with E-state index >= 15 is 0 Å². The van der Waals surface area contributed by atoms with Gasteiger partial charge in [-0.15, -0.1) is 0 Å². The first-order valence-electron chi connectivity index (χ1n) is 9.69. The van der Waals surface area contributed by atoms with E-state index in [1.54, 1.807) is 54.6 Å². The van der Waals surface area contributed by atoms with E-state index in [1.165, 1.54) is 6.07 Å². The molecule has 0 aliphatic rings.